The summed E-state index contributed by atoms with van der Waals surface area (Å²) >= 11 is 1.94. The fraction of sp³-hybridized carbons (Fsp3) is 0.339. The Hall–Kier alpha value is -5.85. The van der Waals surface area contributed by atoms with E-state index in [9.17, 15) is 0 Å². The van der Waals surface area contributed by atoms with Gasteiger partial charge in [0.2, 0.25) is 0 Å². The van der Waals surface area contributed by atoms with Gasteiger partial charge in [-0.2, -0.15) is 0 Å². The molecule has 4 aromatic heterocycles. The first-order valence-electron chi connectivity index (χ1n) is 24.8. The summed E-state index contributed by atoms with van der Waals surface area (Å²) < 4.78 is 7.79. The van der Waals surface area contributed by atoms with Crippen LogP contribution < -0.4 is 0 Å². The van der Waals surface area contributed by atoms with Crippen LogP contribution >= 0.6 is 11.3 Å². The Kier molecular flexibility index (Phi) is 7.24. The third-order valence-electron chi connectivity index (χ3n) is 18.1. The van der Waals surface area contributed by atoms with E-state index in [1.54, 1.807) is 0 Å². The highest BCUT2D eigenvalue weighted by Crippen LogP contribution is 2.63. The average molecular weight is 862 g/mol. The first kappa shape index (κ1) is 36.4. The highest BCUT2D eigenvalue weighted by molar-refractivity contribution is 7.27. The van der Waals surface area contributed by atoms with Crippen LogP contribution in [0.1, 0.15) is 88.7 Å². The van der Waals surface area contributed by atoms with Crippen LogP contribution in [0, 0.1) is 35.5 Å². The van der Waals surface area contributed by atoms with Crippen LogP contribution in [0.5, 0.6) is 0 Å². The second-order valence-electron chi connectivity index (χ2n) is 22.0. The maximum Gasteiger partial charge on any atom is 0.163 e. The minimum absolute atomic E-state index is 0.0993. The summed E-state index contributed by atoms with van der Waals surface area (Å²) in [6, 6.07) is 47.5. The molecule has 0 amide bonds. The van der Waals surface area contributed by atoms with E-state index >= 15 is 0 Å². The van der Waals surface area contributed by atoms with Crippen LogP contribution in [0.25, 0.3) is 86.5 Å². The molecular weight excluding hydrogens is 811 g/mol. The second-order valence-corrected chi connectivity index (χ2v) is 23.1. The normalized spacial score (nSPS) is 28.9. The molecule has 8 aliphatic rings. The van der Waals surface area contributed by atoms with Gasteiger partial charge >= 0.3 is 0 Å². The molecule has 0 unspecified atom stereocenters. The van der Waals surface area contributed by atoms with Crippen LogP contribution in [0.15, 0.2) is 127 Å². The van der Waals surface area contributed by atoms with E-state index in [1.807, 2.05) is 11.3 Å². The molecule has 8 aliphatic carbocycles. The zero-order valence-electron chi connectivity index (χ0n) is 36.7. The van der Waals surface area contributed by atoms with Crippen LogP contribution in [0.4, 0.5) is 0 Å². The topological polar surface area (TPSA) is 48.5 Å². The lowest BCUT2D eigenvalue weighted by atomic mass is 9.49. The molecule has 8 bridgehead atoms. The fourth-order valence-corrected chi connectivity index (χ4v) is 17.8. The summed E-state index contributed by atoms with van der Waals surface area (Å²) in [4.78, 5) is 17.3. The van der Waals surface area contributed by atoms with E-state index in [-0.39, 0.29) is 10.8 Å². The summed E-state index contributed by atoms with van der Waals surface area (Å²) in [6.45, 7) is 0. The van der Waals surface area contributed by atoms with E-state index < -0.39 is 0 Å². The molecular formula is C59H51N5S. The predicted molar refractivity (Wildman–Crippen MR) is 267 cm³/mol. The van der Waals surface area contributed by atoms with Crippen molar-refractivity contribution in [1.82, 2.24) is 24.1 Å². The Morgan fingerprint density at radius 1 is 0.431 bits per heavy atom. The Balaban J connectivity index is 0.978. The predicted octanol–water partition coefficient (Wildman–Crippen LogP) is 15.0. The number of hydrogen-bond donors (Lipinski definition) is 0. The van der Waals surface area contributed by atoms with Gasteiger partial charge in [-0.25, -0.2) is 15.0 Å². The molecule has 65 heavy (non-hydrogen) atoms. The summed E-state index contributed by atoms with van der Waals surface area (Å²) in [7, 11) is 0. The van der Waals surface area contributed by atoms with Crippen LogP contribution in [-0.2, 0) is 10.8 Å². The van der Waals surface area contributed by atoms with E-state index in [0.29, 0.717) is 0 Å². The number of thiophene rings is 1. The van der Waals surface area contributed by atoms with Gasteiger partial charge in [0.25, 0.3) is 0 Å². The van der Waals surface area contributed by atoms with Crippen molar-refractivity contribution in [2.24, 2.45) is 35.5 Å². The molecule has 318 valence electrons. The number of rotatable bonds is 5. The molecule has 8 fully saturated rings. The third kappa shape index (κ3) is 5.02. The molecule has 8 saturated carbocycles. The SMILES string of the molecule is c1ccc(-n2c3ccccc3c3c4c(c5ccccc5n4-c4cccc(-c5nc(C67CC8CC(CC(C8)C6)C7)nc(C67CC8CC(CC(C8)C6)C7)n5)c4)c4sc5ccccc5c4c32)cc1. The number of aromatic nitrogens is 5. The highest BCUT2D eigenvalue weighted by Gasteiger charge is 2.56. The summed E-state index contributed by atoms with van der Waals surface area (Å²) in [6.07, 6.45) is 16.1. The molecule has 10 aromatic rings. The lowest BCUT2D eigenvalue weighted by Gasteiger charge is -2.57. The number of fused-ring (bicyclic) bond motifs is 12. The van der Waals surface area contributed by atoms with Crippen molar-refractivity contribution in [2.75, 3.05) is 0 Å². The van der Waals surface area contributed by atoms with Gasteiger partial charge in [-0.3, -0.25) is 0 Å². The molecule has 0 atom stereocenters. The molecule has 0 N–H and O–H groups in total. The summed E-state index contributed by atoms with van der Waals surface area (Å²) in [5.74, 6) is 8.20. The number of hydrogen-bond acceptors (Lipinski definition) is 4. The number of para-hydroxylation sites is 3. The van der Waals surface area contributed by atoms with Crippen molar-refractivity contribution in [3.8, 4) is 22.8 Å². The monoisotopic (exact) mass is 861 g/mol. The average Bonchev–Trinajstić information content (AvgIpc) is 3.99. The van der Waals surface area contributed by atoms with E-state index in [1.165, 1.54) is 147 Å². The fourth-order valence-electron chi connectivity index (χ4n) is 16.5. The van der Waals surface area contributed by atoms with Crippen LogP contribution in [0.3, 0.4) is 0 Å². The standard InChI is InChI=1S/C59H51N5S/c1-2-12-41(13-3-1)63-46-18-7-4-15-43(46)49-52-50(54-51(53(49)63)45-17-6-9-20-48(45)65-54)44-16-5-8-19-47(44)64(52)42-14-10-11-40(27-42)55-60-56(58-28-34-21-35(29-58)23-36(22-34)30-58)62-57(61-55)59-31-37-24-38(32-59)26-39(25-37)33-59/h1-20,27,34-39H,21-26,28-33H2. The van der Waals surface area contributed by atoms with E-state index in [4.69, 9.17) is 15.0 Å². The molecule has 0 radical (unpaired) electrons. The van der Waals surface area contributed by atoms with Gasteiger partial charge in [-0.15, -0.1) is 11.3 Å². The minimum Gasteiger partial charge on any atom is -0.308 e. The van der Waals surface area contributed by atoms with Crippen molar-refractivity contribution < 1.29 is 0 Å². The highest BCUT2D eigenvalue weighted by atomic mass is 32.1. The maximum atomic E-state index is 5.80. The molecule has 0 spiro atoms. The Labute approximate surface area is 382 Å². The largest absolute Gasteiger partial charge is 0.308 e. The molecule has 18 rings (SSSR count). The summed E-state index contributed by atoms with van der Waals surface area (Å²) in [5, 5.41) is 7.84. The molecule has 4 heterocycles. The molecule has 5 nitrogen and oxygen atoms in total. The minimum atomic E-state index is 0.0993. The van der Waals surface area contributed by atoms with Gasteiger partial charge in [0, 0.05) is 69.5 Å². The summed E-state index contributed by atoms with van der Waals surface area (Å²) in [5.41, 5.74) is 8.63. The smallest absolute Gasteiger partial charge is 0.163 e. The van der Waals surface area contributed by atoms with Crippen molar-refractivity contribution in [3.05, 3.63) is 139 Å². The maximum absolute atomic E-state index is 5.80. The molecule has 6 heteroatoms. The molecule has 0 saturated heterocycles. The van der Waals surface area contributed by atoms with E-state index in [0.717, 1.165) is 64.2 Å². The first-order valence-corrected chi connectivity index (χ1v) is 25.6. The second kappa shape index (κ2) is 12.9. The molecule has 6 aromatic carbocycles. The van der Waals surface area contributed by atoms with Crippen molar-refractivity contribution in [1.29, 1.82) is 0 Å². The lowest BCUT2D eigenvalue weighted by Crippen LogP contribution is -2.51. The van der Waals surface area contributed by atoms with Crippen molar-refractivity contribution in [2.45, 2.75) is 87.9 Å². The Morgan fingerprint density at radius 2 is 0.892 bits per heavy atom. The van der Waals surface area contributed by atoms with E-state index in [2.05, 4.69) is 137 Å². The van der Waals surface area contributed by atoms with Crippen LogP contribution in [0.2, 0.25) is 0 Å². The van der Waals surface area contributed by atoms with Crippen LogP contribution in [-0.4, -0.2) is 24.1 Å². The third-order valence-corrected chi connectivity index (χ3v) is 19.3. The number of benzene rings is 6. The van der Waals surface area contributed by atoms with Gasteiger partial charge in [0.1, 0.15) is 11.6 Å². The van der Waals surface area contributed by atoms with Gasteiger partial charge in [0.05, 0.1) is 22.1 Å². The number of nitrogens with zero attached hydrogens (tertiary/aromatic N) is 5. The molecule has 0 aliphatic heterocycles. The van der Waals surface area contributed by atoms with Gasteiger partial charge < -0.3 is 9.13 Å². The Morgan fingerprint density at radius 3 is 1.48 bits per heavy atom. The van der Waals surface area contributed by atoms with Crippen molar-refractivity contribution in [3.63, 3.8) is 0 Å². The lowest BCUT2D eigenvalue weighted by molar-refractivity contribution is -0.0155. The zero-order chi connectivity index (χ0) is 42.2. The first-order chi connectivity index (χ1) is 32.0. The van der Waals surface area contributed by atoms with Gasteiger partial charge in [-0.1, -0.05) is 84.9 Å². The van der Waals surface area contributed by atoms with Gasteiger partial charge in [-0.05, 0) is 155 Å². The Bertz CT molecular complexity index is 3510. The quantitative estimate of drug-likeness (QED) is 0.173. The van der Waals surface area contributed by atoms with Gasteiger partial charge in [0.15, 0.2) is 5.82 Å². The zero-order valence-corrected chi connectivity index (χ0v) is 37.5. The van der Waals surface area contributed by atoms with Crippen molar-refractivity contribution >= 4 is 75.1 Å².